The second-order valence-corrected chi connectivity index (χ2v) is 11.4. The van der Waals surface area contributed by atoms with Crippen LogP contribution in [-0.4, -0.2) is 43.1 Å². The topological polar surface area (TPSA) is 127 Å². The van der Waals surface area contributed by atoms with Gasteiger partial charge in [-0.1, -0.05) is 20.8 Å². The van der Waals surface area contributed by atoms with Gasteiger partial charge in [-0.15, -0.1) is 0 Å². The van der Waals surface area contributed by atoms with Crippen LogP contribution in [0.25, 0.3) is 21.9 Å². The maximum atomic E-state index is 12.6. The lowest BCUT2D eigenvalue weighted by Crippen LogP contribution is -2.43. The van der Waals surface area contributed by atoms with Gasteiger partial charge in [0.05, 0.1) is 41.9 Å². The van der Waals surface area contributed by atoms with Gasteiger partial charge < -0.3 is 19.3 Å². The van der Waals surface area contributed by atoms with Gasteiger partial charge in [-0.2, -0.15) is 0 Å². The Morgan fingerprint density at radius 3 is 2.52 bits per heavy atom. The number of benzene rings is 1. The molecule has 1 aliphatic rings. The highest BCUT2D eigenvalue weighted by molar-refractivity contribution is 7.91. The molecule has 3 aromatic rings. The molecule has 9 heteroatoms. The van der Waals surface area contributed by atoms with Crippen LogP contribution in [0.1, 0.15) is 37.5 Å². The average Bonchev–Trinajstić information content (AvgIpc) is 3.16. The smallest absolute Gasteiger partial charge is 0.340 e. The number of hydrogen-bond donors (Lipinski definition) is 2. The number of hydrogen-bond acceptors (Lipinski definition) is 7. The number of carbonyl (C=O) groups is 1. The second kappa shape index (κ2) is 7.20. The van der Waals surface area contributed by atoms with E-state index in [0.717, 1.165) is 10.9 Å². The Bertz CT molecular complexity index is 1360. The first kappa shape index (κ1) is 21.6. The molecule has 0 bridgehead atoms. The third-order valence-electron chi connectivity index (χ3n) is 5.80. The summed E-state index contributed by atoms with van der Waals surface area (Å²) in [7, 11) is -3.39. The Labute approximate surface area is 179 Å². The monoisotopic (exact) mass is 447 g/mol. The molecular weight excluding hydrogens is 422 g/mol. The number of aliphatic hydroxyl groups is 1. The molecule has 1 amide bonds. The molecular formula is C22H25NO7S. The summed E-state index contributed by atoms with van der Waals surface area (Å²) in [5, 5.41) is 14.0. The first-order valence-electron chi connectivity index (χ1n) is 10.0. The molecule has 2 atom stereocenters. The van der Waals surface area contributed by atoms with Crippen molar-refractivity contribution >= 4 is 37.7 Å². The zero-order chi connectivity index (χ0) is 22.7. The van der Waals surface area contributed by atoms with Gasteiger partial charge in [0.2, 0.25) is 5.91 Å². The van der Waals surface area contributed by atoms with E-state index in [1.807, 2.05) is 6.07 Å². The fraction of sp³-hybridized carbons (Fsp3) is 0.455. The van der Waals surface area contributed by atoms with Gasteiger partial charge >= 0.3 is 5.63 Å². The van der Waals surface area contributed by atoms with E-state index >= 15 is 0 Å². The third-order valence-corrected chi connectivity index (χ3v) is 7.51. The van der Waals surface area contributed by atoms with Crippen LogP contribution >= 0.6 is 0 Å². The van der Waals surface area contributed by atoms with E-state index in [-0.39, 0.29) is 28.9 Å². The summed E-state index contributed by atoms with van der Waals surface area (Å²) >= 11 is 0. The second-order valence-electron chi connectivity index (χ2n) is 9.23. The number of furan rings is 1. The highest BCUT2D eigenvalue weighted by Crippen LogP contribution is 2.35. The molecule has 31 heavy (non-hydrogen) atoms. The Kier molecular flexibility index (Phi) is 5.01. The number of amides is 1. The third kappa shape index (κ3) is 3.99. The lowest BCUT2D eigenvalue weighted by molar-refractivity contribution is -0.121. The van der Waals surface area contributed by atoms with Gasteiger partial charge in [0.1, 0.15) is 11.2 Å². The first-order valence-corrected chi connectivity index (χ1v) is 11.8. The minimum Gasteiger partial charge on any atom is -0.464 e. The van der Waals surface area contributed by atoms with Gasteiger partial charge in [-0.05, 0) is 24.0 Å². The van der Waals surface area contributed by atoms with Crippen LogP contribution in [0.3, 0.4) is 0 Å². The summed E-state index contributed by atoms with van der Waals surface area (Å²) < 4.78 is 34.4. The van der Waals surface area contributed by atoms with Crippen LogP contribution in [-0.2, 0) is 26.5 Å². The number of aliphatic hydroxyl groups excluding tert-OH is 1. The molecule has 8 nitrogen and oxygen atoms in total. The lowest BCUT2D eigenvalue weighted by atomic mass is 9.86. The summed E-state index contributed by atoms with van der Waals surface area (Å²) in [6.45, 7) is 7.98. The van der Waals surface area contributed by atoms with Crippen molar-refractivity contribution in [2.24, 2.45) is 0 Å². The molecule has 1 saturated heterocycles. The van der Waals surface area contributed by atoms with Crippen molar-refractivity contribution in [3.05, 3.63) is 45.5 Å². The molecule has 3 heterocycles. The van der Waals surface area contributed by atoms with Crippen molar-refractivity contribution in [1.82, 2.24) is 5.32 Å². The maximum absolute atomic E-state index is 12.6. The Morgan fingerprint density at radius 1 is 1.19 bits per heavy atom. The van der Waals surface area contributed by atoms with Crippen molar-refractivity contribution < 1.29 is 27.2 Å². The van der Waals surface area contributed by atoms with Gasteiger partial charge in [0.15, 0.2) is 9.84 Å². The molecule has 0 radical (unpaired) electrons. The summed E-state index contributed by atoms with van der Waals surface area (Å²) in [4.78, 5) is 25.1. The van der Waals surface area contributed by atoms with Crippen molar-refractivity contribution in [3.63, 3.8) is 0 Å². The zero-order valence-corrected chi connectivity index (χ0v) is 18.6. The summed E-state index contributed by atoms with van der Waals surface area (Å²) in [5.41, 5.74) is 2.03. The standard InChI is InChI=1S/C22H25NO7S/c1-11-12-5-14-15(22(2,3)4)8-29-18(14)7-19(12)30-21(26)13(11)6-20(25)23-16-9-31(27,28)10-17(16)24/h5,7-8,16-17,24H,6,9-10H2,1-4H3,(H,23,25). The highest BCUT2D eigenvalue weighted by Gasteiger charge is 2.37. The van der Waals surface area contributed by atoms with Crippen molar-refractivity contribution in [2.45, 2.75) is 51.7 Å². The van der Waals surface area contributed by atoms with E-state index in [0.29, 0.717) is 22.1 Å². The van der Waals surface area contributed by atoms with E-state index < -0.39 is 33.5 Å². The average molecular weight is 448 g/mol. The van der Waals surface area contributed by atoms with Crippen LogP contribution in [0.2, 0.25) is 0 Å². The predicted octanol–water partition coefficient (Wildman–Crippen LogP) is 1.96. The van der Waals surface area contributed by atoms with Gasteiger partial charge in [0.25, 0.3) is 0 Å². The Hall–Kier alpha value is -2.65. The molecule has 0 aliphatic carbocycles. The van der Waals surface area contributed by atoms with Crippen molar-refractivity contribution in [1.29, 1.82) is 0 Å². The Balaban J connectivity index is 1.70. The molecule has 4 rings (SSSR count). The Morgan fingerprint density at radius 2 is 1.90 bits per heavy atom. The number of sulfone groups is 1. The molecule has 0 spiro atoms. The van der Waals surface area contributed by atoms with Gasteiger partial charge in [-0.3, -0.25) is 4.79 Å². The lowest BCUT2D eigenvalue weighted by Gasteiger charge is -2.17. The van der Waals surface area contributed by atoms with Crippen molar-refractivity contribution in [3.8, 4) is 0 Å². The molecule has 1 aliphatic heterocycles. The highest BCUT2D eigenvalue weighted by atomic mass is 32.2. The van der Waals surface area contributed by atoms with E-state index in [4.69, 9.17) is 8.83 Å². The summed E-state index contributed by atoms with van der Waals surface area (Å²) in [5.74, 6) is -1.25. The molecule has 2 unspecified atom stereocenters. The van der Waals surface area contributed by atoms with E-state index in [2.05, 4.69) is 26.1 Å². The van der Waals surface area contributed by atoms with Gasteiger partial charge in [0, 0.05) is 22.4 Å². The largest absolute Gasteiger partial charge is 0.464 e. The molecule has 166 valence electrons. The molecule has 0 saturated carbocycles. The van der Waals surface area contributed by atoms with Crippen molar-refractivity contribution in [2.75, 3.05) is 11.5 Å². The minimum atomic E-state index is -3.39. The first-order chi connectivity index (χ1) is 14.4. The van der Waals surface area contributed by atoms with E-state index in [1.54, 1.807) is 19.3 Å². The van der Waals surface area contributed by atoms with Crippen LogP contribution in [0, 0.1) is 6.92 Å². The minimum absolute atomic E-state index is 0.145. The SMILES string of the molecule is Cc1c(CC(=O)NC2CS(=O)(=O)CC2O)c(=O)oc2cc3occ(C(C)(C)C)c3cc12. The summed E-state index contributed by atoms with van der Waals surface area (Å²) in [6.07, 6.45) is 0.267. The number of rotatable bonds is 3. The van der Waals surface area contributed by atoms with Gasteiger partial charge in [-0.25, -0.2) is 13.2 Å². The van der Waals surface area contributed by atoms with E-state index in [9.17, 15) is 23.1 Å². The number of aryl methyl sites for hydroxylation is 1. The predicted molar refractivity (Wildman–Crippen MR) is 116 cm³/mol. The zero-order valence-electron chi connectivity index (χ0n) is 17.8. The molecule has 1 aromatic carbocycles. The van der Waals surface area contributed by atoms with Crippen LogP contribution in [0.4, 0.5) is 0 Å². The van der Waals surface area contributed by atoms with Crippen LogP contribution in [0.15, 0.2) is 32.0 Å². The van der Waals surface area contributed by atoms with E-state index in [1.165, 1.54) is 0 Å². The quantitative estimate of drug-likeness (QED) is 0.588. The maximum Gasteiger partial charge on any atom is 0.340 e. The normalized spacial score (nSPS) is 21.1. The molecule has 2 aromatic heterocycles. The molecule has 1 fully saturated rings. The number of fused-ring (bicyclic) bond motifs is 2. The fourth-order valence-electron chi connectivity index (χ4n) is 4.08. The van der Waals surface area contributed by atoms with Crippen LogP contribution in [0.5, 0.6) is 0 Å². The molecule has 2 N–H and O–H groups in total. The van der Waals surface area contributed by atoms with Crippen LogP contribution < -0.4 is 10.9 Å². The number of nitrogens with one attached hydrogen (secondary N) is 1. The number of carbonyl (C=O) groups excluding carboxylic acids is 1. The summed E-state index contributed by atoms with van der Waals surface area (Å²) in [6, 6.07) is 2.70. The fourth-order valence-corrected chi connectivity index (χ4v) is 5.82.